The number of likely N-dealkylation sites (tertiary alicyclic amines) is 1. The summed E-state index contributed by atoms with van der Waals surface area (Å²) in [5.41, 5.74) is 0.344. The fourth-order valence-corrected chi connectivity index (χ4v) is 2.17. The number of amides is 1. The molecular weight excluding hydrogens is 258 g/mol. The van der Waals surface area contributed by atoms with E-state index in [9.17, 15) is 9.59 Å². The monoisotopic (exact) mass is 277 g/mol. The van der Waals surface area contributed by atoms with Crippen molar-refractivity contribution in [2.75, 3.05) is 19.7 Å². The number of ether oxygens (including phenoxy) is 2. The van der Waals surface area contributed by atoms with Gasteiger partial charge in [0.25, 0.3) is 0 Å². The van der Waals surface area contributed by atoms with Crippen LogP contribution in [-0.4, -0.2) is 36.7 Å². The Labute approximate surface area is 118 Å². The average Bonchev–Trinajstić information content (AvgIpc) is 2.42. The van der Waals surface area contributed by atoms with Gasteiger partial charge in [-0.2, -0.15) is 0 Å². The van der Waals surface area contributed by atoms with Crippen molar-refractivity contribution in [2.45, 2.75) is 20.5 Å². The zero-order valence-electron chi connectivity index (χ0n) is 11.8. The lowest BCUT2D eigenvalue weighted by Crippen LogP contribution is -2.61. The van der Waals surface area contributed by atoms with Crippen LogP contribution in [0.15, 0.2) is 30.3 Å². The van der Waals surface area contributed by atoms with Crippen molar-refractivity contribution in [3.8, 4) is 0 Å². The van der Waals surface area contributed by atoms with Gasteiger partial charge in [0.1, 0.15) is 12.0 Å². The molecule has 0 bridgehead atoms. The normalized spacial score (nSPS) is 16.2. The summed E-state index contributed by atoms with van der Waals surface area (Å²) in [5.74, 6) is -0.257. The molecule has 1 amide bonds. The van der Waals surface area contributed by atoms with Crippen LogP contribution in [0.1, 0.15) is 19.4 Å². The van der Waals surface area contributed by atoms with Crippen molar-refractivity contribution >= 4 is 12.1 Å². The van der Waals surface area contributed by atoms with Gasteiger partial charge in [-0.3, -0.25) is 4.79 Å². The molecule has 0 N–H and O–H groups in total. The highest BCUT2D eigenvalue weighted by atomic mass is 16.6. The fourth-order valence-electron chi connectivity index (χ4n) is 2.17. The molecule has 0 atom stereocenters. The summed E-state index contributed by atoms with van der Waals surface area (Å²) in [4.78, 5) is 25.0. The Morgan fingerprint density at radius 3 is 2.45 bits per heavy atom. The largest absolute Gasteiger partial charge is 0.465 e. The smallest absolute Gasteiger partial charge is 0.410 e. The van der Waals surface area contributed by atoms with E-state index in [-0.39, 0.29) is 12.6 Å². The highest BCUT2D eigenvalue weighted by Crippen LogP contribution is 2.31. The molecule has 5 nitrogen and oxygen atoms in total. The molecule has 2 rings (SSSR count). The van der Waals surface area contributed by atoms with Gasteiger partial charge in [0.05, 0.1) is 6.61 Å². The fraction of sp³-hybridized carbons (Fsp3) is 0.467. The molecule has 0 saturated carbocycles. The number of rotatable bonds is 4. The summed E-state index contributed by atoms with van der Waals surface area (Å²) in [6.45, 7) is 4.86. The number of hydrogen-bond donors (Lipinski definition) is 0. The second-order valence-corrected chi connectivity index (χ2v) is 5.18. The zero-order valence-corrected chi connectivity index (χ0v) is 11.8. The van der Waals surface area contributed by atoms with Gasteiger partial charge in [0.2, 0.25) is 0 Å². The van der Waals surface area contributed by atoms with E-state index in [1.807, 2.05) is 30.3 Å². The summed E-state index contributed by atoms with van der Waals surface area (Å²) in [6, 6.07) is 9.49. The number of hydrogen-bond acceptors (Lipinski definition) is 4. The molecule has 1 fully saturated rings. The lowest BCUT2D eigenvalue weighted by atomic mass is 9.82. The van der Waals surface area contributed by atoms with Crippen LogP contribution in [0.2, 0.25) is 0 Å². The number of benzene rings is 1. The van der Waals surface area contributed by atoms with Gasteiger partial charge in [-0.05, 0) is 19.4 Å². The first kappa shape index (κ1) is 14.4. The quantitative estimate of drug-likeness (QED) is 0.792. The van der Waals surface area contributed by atoms with Crippen molar-refractivity contribution in [1.82, 2.24) is 4.90 Å². The van der Waals surface area contributed by atoms with E-state index in [4.69, 9.17) is 9.47 Å². The van der Waals surface area contributed by atoms with Crippen LogP contribution in [0.5, 0.6) is 0 Å². The molecule has 0 aliphatic carbocycles. The predicted molar refractivity (Wildman–Crippen MR) is 72.9 cm³/mol. The van der Waals surface area contributed by atoms with Crippen LogP contribution in [0.4, 0.5) is 4.79 Å². The van der Waals surface area contributed by atoms with E-state index in [0.717, 1.165) is 5.56 Å². The van der Waals surface area contributed by atoms with Crippen molar-refractivity contribution < 1.29 is 19.1 Å². The number of esters is 1. The van der Waals surface area contributed by atoms with E-state index in [1.165, 1.54) is 4.90 Å². The van der Waals surface area contributed by atoms with Gasteiger partial charge in [0.15, 0.2) is 0 Å². The van der Waals surface area contributed by atoms with Crippen molar-refractivity contribution in [2.24, 2.45) is 5.41 Å². The van der Waals surface area contributed by atoms with Crippen molar-refractivity contribution in [3.63, 3.8) is 0 Å². The molecule has 1 saturated heterocycles. The molecule has 0 radical (unpaired) electrons. The van der Waals surface area contributed by atoms with Gasteiger partial charge in [-0.25, -0.2) is 4.79 Å². The molecule has 1 aliphatic heterocycles. The summed E-state index contributed by atoms with van der Waals surface area (Å²) >= 11 is 0. The highest BCUT2D eigenvalue weighted by Gasteiger charge is 2.49. The van der Waals surface area contributed by atoms with Crippen LogP contribution in [-0.2, 0) is 20.9 Å². The second-order valence-electron chi connectivity index (χ2n) is 5.18. The molecule has 20 heavy (non-hydrogen) atoms. The van der Waals surface area contributed by atoms with E-state index in [0.29, 0.717) is 19.7 Å². The standard InChI is InChI=1S/C15H19NO4/c1-3-19-13(17)15(2)10-16(11-15)14(18)20-9-12-7-5-4-6-8-12/h4-8H,3,9-11H2,1-2H3. The zero-order chi connectivity index (χ0) is 14.6. The first-order chi connectivity index (χ1) is 9.55. The molecular formula is C15H19NO4. The SMILES string of the molecule is CCOC(=O)C1(C)CN(C(=O)OCc2ccccc2)C1. The van der Waals surface area contributed by atoms with Gasteiger partial charge in [-0.1, -0.05) is 30.3 Å². The third-order valence-electron chi connectivity index (χ3n) is 3.31. The minimum atomic E-state index is -0.595. The Kier molecular flexibility index (Phi) is 4.27. The van der Waals surface area contributed by atoms with Gasteiger partial charge in [0, 0.05) is 13.1 Å². The van der Waals surface area contributed by atoms with Gasteiger partial charge < -0.3 is 14.4 Å². The Morgan fingerprint density at radius 2 is 1.85 bits per heavy atom. The van der Waals surface area contributed by atoms with Crippen LogP contribution in [0.25, 0.3) is 0 Å². The maximum atomic E-state index is 11.8. The minimum Gasteiger partial charge on any atom is -0.465 e. The molecule has 1 aromatic rings. The Balaban J connectivity index is 1.78. The van der Waals surface area contributed by atoms with Crippen molar-refractivity contribution in [1.29, 1.82) is 0 Å². The minimum absolute atomic E-state index is 0.242. The summed E-state index contributed by atoms with van der Waals surface area (Å²) in [5, 5.41) is 0. The molecule has 108 valence electrons. The third kappa shape index (κ3) is 3.10. The van der Waals surface area contributed by atoms with E-state index < -0.39 is 11.5 Å². The first-order valence-electron chi connectivity index (χ1n) is 6.68. The maximum Gasteiger partial charge on any atom is 0.410 e. The molecule has 1 aromatic carbocycles. The Hall–Kier alpha value is -2.04. The Bertz CT molecular complexity index is 480. The summed E-state index contributed by atoms with van der Waals surface area (Å²) in [6.07, 6.45) is -0.393. The summed E-state index contributed by atoms with van der Waals surface area (Å²) in [7, 11) is 0. The van der Waals surface area contributed by atoms with Crippen LogP contribution < -0.4 is 0 Å². The van der Waals surface area contributed by atoms with Gasteiger partial charge in [-0.15, -0.1) is 0 Å². The molecule has 1 aliphatic rings. The Morgan fingerprint density at radius 1 is 1.20 bits per heavy atom. The lowest BCUT2D eigenvalue weighted by Gasteiger charge is -2.44. The molecule has 0 spiro atoms. The van der Waals surface area contributed by atoms with E-state index >= 15 is 0 Å². The molecule has 0 unspecified atom stereocenters. The number of carbonyl (C=O) groups is 2. The maximum absolute atomic E-state index is 11.8. The van der Waals surface area contributed by atoms with Crippen LogP contribution >= 0.6 is 0 Å². The lowest BCUT2D eigenvalue weighted by molar-refractivity contribution is -0.163. The second kappa shape index (κ2) is 5.94. The molecule has 5 heteroatoms. The highest BCUT2D eigenvalue weighted by molar-refractivity contribution is 5.81. The van der Waals surface area contributed by atoms with Gasteiger partial charge >= 0.3 is 12.1 Å². The molecule has 0 aromatic heterocycles. The van der Waals surface area contributed by atoms with E-state index in [2.05, 4.69) is 0 Å². The van der Waals surface area contributed by atoms with Crippen LogP contribution in [0.3, 0.4) is 0 Å². The average molecular weight is 277 g/mol. The van der Waals surface area contributed by atoms with Crippen molar-refractivity contribution in [3.05, 3.63) is 35.9 Å². The van der Waals surface area contributed by atoms with E-state index in [1.54, 1.807) is 13.8 Å². The molecule has 1 heterocycles. The third-order valence-corrected chi connectivity index (χ3v) is 3.31. The number of nitrogens with zero attached hydrogens (tertiary/aromatic N) is 1. The first-order valence-corrected chi connectivity index (χ1v) is 6.68. The predicted octanol–water partition coefficient (Wildman–Crippen LogP) is 2.21. The summed E-state index contributed by atoms with van der Waals surface area (Å²) < 4.78 is 10.2. The topological polar surface area (TPSA) is 55.8 Å². The van der Waals surface area contributed by atoms with Crippen LogP contribution in [0, 0.1) is 5.41 Å². The number of carbonyl (C=O) groups excluding carboxylic acids is 2.